The Morgan fingerprint density at radius 2 is 1.76 bits per heavy atom. The Morgan fingerprint density at radius 1 is 1.09 bits per heavy atom. The van der Waals surface area contributed by atoms with Crippen LogP contribution in [0.4, 0.5) is 5.95 Å². The van der Waals surface area contributed by atoms with Crippen molar-refractivity contribution < 1.29 is 19.0 Å². The van der Waals surface area contributed by atoms with Gasteiger partial charge in [-0.2, -0.15) is 0 Å². The Hall–Kier alpha value is -3.28. The predicted molar refractivity (Wildman–Crippen MR) is 130 cm³/mol. The molecular weight excluding hydrogens is 480 g/mol. The van der Waals surface area contributed by atoms with Gasteiger partial charge in [-0.05, 0) is 50.1 Å². The number of ether oxygens (including phenoxy) is 2. The summed E-state index contributed by atoms with van der Waals surface area (Å²) in [4.78, 5) is 8.20. The maximum atomic E-state index is 10.7. The summed E-state index contributed by atoms with van der Waals surface area (Å²) in [5.41, 5.74) is 0.596. The molecule has 3 aromatic heterocycles. The Labute approximate surface area is 205 Å². The molecule has 0 bridgehead atoms. The van der Waals surface area contributed by atoms with Gasteiger partial charge in [-0.25, -0.2) is 9.97 Å². The van der Waals surface area contributed by atoms with Crippen LogP contribution in [0, 0.1) is 6.92 Å². The highest BCUT2D eigenvalue weighted by atomic mass is 35.5. The van der Waals surface area contributed by atoms with Crippen molar-refractivity contribution in [2.24, 2.45) is 0 Å². The highest BCUT2D eigenvalue weighted by Crippen LogP contribution is 2.38. The van der Waals surface area contributed by atoms with Gasteiger partial charge in [0, 0.05) is 12.4 Å². The number of anilines is 1. The highest BCUT2D eigenvalue weighted by molar-refractivity contribution is 8.01. The third-order valence-electron chi connectivity index (χ3n) is 4.93. The molecule has 0 aliphatic rings. The normalized spacial score (nSPS) is 12.9. The van der Waals surface area contributed by atoms with Crippen molar-refractivity contribution in [2.75, 3.05) is 18.9 Å². The second-order valence-corrected chi connectivity index (χ2v) is 8.85. The fraction of sp³-hybridized carbons (Fsp3) is 0.273. The largest absolute Gasteiger partial charge is 0.494 e. The number of benzene rings is 1. The molecule has 0 spiro atoms. The Bertz CT molecular complexity index is 1240. The van der Waals surface area contributed by atoms with E-state index < -0.39 is 6.10 Å². The van der Waals surface area contributed by atoms with Gasteiger partial charge in [0.2, 0.25) is 11.8 Å². The van der Waals surface area contributed by atoms with Crippen molar-refractivity contribution in [1.29, 1.82) is 0 Å². The number of furan rings is 1. The summed E-state index contributed by atoms with van der Waals surface area (Å²) in [6, 6.07) is 9.13. The number of aliphatic hydroxyl groups is 1. The number of hydrogen-bond donors (Lipinski definition) is 2. The minimum Gasteiger partial charge on any atom is -0.494 e. The molecule has 0 amide bonds. The highest BCUT2D eigenvalue weighted by Gasteiger charge is 2.26. The SMILES string of the molecule is COc1cccc(OC)c1-n1c(NSC(C)C(O)c2ncc(Cl)cn2)nnc1-c1ccc(C)o1. The van der Waals surface area contributed by atoms with E-state index in [4.69, 9.17) is 25.5 Å². The van der Waals surface area contributed by atoms with Crippen molar-refractivity contribution in [3.05, 3.63) is 59.3 Å². The maximum Gasteiger partial charge on any atom is 0.239 e. The van der Waals surface area contributed by atoms with Gasteiger partial charge in [0.25, 0.3) is 0 Å². The summed E-state index contributed by atoms with van der Waals surface area (Å²) < 4.78 is 22.0. The first-order chi connectivity index (χ1) is 16.4. The van der Waals surface area contributed by atoms with E-state index in [-0.39, 0.29) is 11.1 Å². The standard InChI is InChI=1S/C22H23ClN6O4S/c1-12-8-9-17(33-12)21-26-27-22(29(21)18-15(31-3)6-5-7-16(18)32-4)28-34-13(2)19(30)20-24-10-14(23)11-25-20/h5-11,13,19,30H,1-4H3,(H,27,28). The molecule has 0 aliphatic heterocycles. The number of halogens is 1. The molecule has 4 aromatic rings. The summed E-state index contributed by atoms with van der Waals surface area (Å²) in [5.74, 6) is 3.48. The Balaban J connectivity index is 1.70. The molecule has 0 aliphatic carbocycles. The number of aliphatic hydroxyl groups excluding tert-OH is 1. The monoisotopic (exact) mass is 502 g/mol. The molecule has 0 saturated carbocycles. The van der Waals surface area contributed by atoms with E-state index in [9.17, 15) is 5.11 Å². The molecule has 2 unspecified atom stereocenters. The van der Waals surface area contributed by atoms with E-state index in [1.54, 1.807) is 18.8 Å². The first-order valence-electron chi connectivity index (χ1n) is 10.2. The van der Waals surface area contributed by atoms with Crippen LogP contribution in [0.1, 0.15) is 24.6 Å². The first kappa shape index (κ1) is 23.9. The average Bonchev–Trinajstić information content (AvgIpc) is 3.47. The smallest absolute Gasteiger partial charge is 0.239 e. The number of aryl methyl sites for hydroxylation is 1. The first-order valence-corrected chi connectivity index (χ1v) is 11.5. The third kappa shape index (κ3) is 4.81. The van der Waals surface area contributed by atoms with Crippen LogP contribution in [-0.4, -0.2) is 49.3 Å². The lowest BCUT2D eigenvalue weighted by molar-refractivity contribution is 0.169. The summed E-state index contributed by atoms with van der Waals surface area (Å²) >= 11 is 7.08. The van der Waals surface area contributed by atoms with E-state index in [1.807, 2.05) is 44.2 Å². The number of para-hydroxylation sites is 1. The third-order valence-corrected chi connectivity index (χ3v) is 6.06. The topological polar surface area (TPSA) is 120 Å². The molecule has 2 atom stereocenters. The zero-order valence-electron chi connectivity index (χ0n) is 18.9. The number of methoxy groups -OCH3 is 2. The number of nitrogens with zero attached hydrogens (tertiary/aromatic N) is 5. The van der Waals surface area contributed by atoms with Crippen molar-refractivity contribution in [1.82, 2.24) is 24.7 Å². The van der Waals surface area contributed by atoms with Crippen LogP contribution in [0.2, 0.25) is 5.02 Å². The molecular formula is C22H23ClN6O4S. The Kier molecular flexibility index (Phi) is 7.25. The van der Waals surface area contributed by atoms with E-state index in [0.29, 0.717) is 39.7 Å². The van der Waals surface area contributed by atoms with Gasteiger partial charge in [0.1, 0.15) is 29.1 Å². The minimum atomic E-state index is -0.945. The predicted octanol–water partition coefficient (Wildman–Crippen LogP) is 4.48. The van der Waals surface area contributed by atoms with Gasteiger partial charge >= 0.3 is 0 Å². The number of nitrogens with one attached hydrogen (secondary N) is 1. The van der Waals surface area contributed by atoms with Gasteiger partial charge < -0.3 is 19.0 Å². The number of rotatable bonds is 9. The molecule has 0 radical (unpaired) electrons. The van der Waals surface area contributed by atoms with Gasteiger partial charge in [0.15, 0.2) is 11.6 Å². The number of aromatic nitrogens is 5. The summed E-state index contributed by atoms with van der Waals surface area (Å²) in [6.45, 7) is 3.69. The van der Waals surface area contributed by atoms with E-state index in [1.165, 1.54) is 24.3 Å². The zero-order chi connectivity index (χ0) is 24.2. The molecule has 34 heavy (non-hydrogen) atoms. The fourth-order valence-electron chi connectivity index (χ4n) is 3.22. The lowest BCUT2D eigenvalue weighted by Crippen LogP contribution is -2.17. The molecule has 0 fully saturated rings. The molecule has 178 valence electrons. The molecule has 4 rings (SSSR count). The minimum absolute atomic E-state index is 0.269. The molecule has 0 saturated heterocycles. The van der Waals surface area contributed by atoms with Gasteiger partial charge in [-0.3, -0.25) is 9.29 Å². The molecule has 10 nitrogen and oxygen atoms in total. The molecule has 12 heteroatoms. The van der Waals surface area contributed by atoms with Gasteiger partial charge in [-0.15, -0.1) is 10.2 Å². The van der Waals surface area contributed by atoms with Crippen molar-refractivity contribution in [3.63, 3.8) is 0 Å². The summed E-state index contributed by atoms with van der Waals surface area (Å²) in [6.07, 6.45) is 1.94. The van der Waals surface area contributed by atoms with E-state index in [2.05, 4.69) is 24.9 Å². The van der Waals surface area contributed by atoms with Crippen LogP contribution in [0.5, 0.6) is 11.5 Å². The molecule has 3 heterocycles. The van der Waals surface area contributed by atoms with Gasteiger partial charge in [-0.1, -0.05) is 17.7 Å². The quantitative estimate of drug-likeness (QED) is 0.317. The second kappa shape index (κ2) is 10.3. The van der Waals surface area contributed by atoms with Crippen molar-refractivity contribution >= 4 is 29.5 Å². The van der Waals surface area contributed by atoms with Crippen LogP contribution in [-0.2, 0) is 0 Å². The average molecular weight is 503 g/mol. The number of hydrogen-bond acceptors (Lipinski definition) is 10. The summed E-state index contributed by atoms with van der Waals surface area (Å²) in [7, 11) is 3.15. The van der Waals surface area contributed by atoms with E-state index >= 15 is 0 Å². The van der Waals surface area contributed by atoms with Crippen molar-refractivity contribution in [2.45, 2.75) is 25.2 Å². The van der Waals surface area contributed by atoms with Crippen molar-refractivity contribution in [3.8, 4) is 28.8 Å². The van der Waals surface area contributed by atoms with Crippen LogP contribution in [0.15, 0.2) is 47.1 Å². The van der Waals surface area contributed by atoms with Crippen LogP contribution in [0.3, 0.4) is 0 Å². The Morgan fingerprint density at radius 3 is 2.35 bits per heavy atom. The van der Waals surface area contributed by atoms with Crippen LogP contribution in [0.25, 0.3) is 17.3 Å². The van der Waals surface area contributed by atoms with Crippen LogP contribution >= 0.6 is 23.5 Å². The van der Waals surface area contributed by atoms with Gasteiger partial charge in [0.05, 0.1) is 24.5 Å². The lowest BCUT2D eigenvalue weighted by atomic mass is 10.2. The van der Waals surface area contributed by atoms with Crippen LogP contribution < -0.4 is 14.2 Å². The lowest BCUT2D eigenvalue weighted by Gasteiger charge is -2.19. The van der Waals surface area contributed by atoms with E-state index in [0.717, 1.165) is 5.76 Å². The second-order valence-electron chi connectivity index (χ2n) is 7.23. The summed E-state index contributed by atoms with van der Waals surface area (Å²) in [5, 5.41) is 19.4. The molecule has 2 N–H and O–H groups in total. The fourth-order valence-corrected chi connectivity index (χ4v) is 4.00. The molecule has 1 aromatic carbocycles. The zero-order valence-corrected chi connectivity index (χ0v) is 20.5. The maximum absolute atomic E-state index is 10.7.